The van der Waals surface area contributed by atoms with E-state index in [9.17, 15) is 17.6 Å². The molecule has 0 unspecified atom stereocenters. The van der Waals surface area contributed by atoms with Gasteiger partial charge in [-0.05, 0) is 30.3 Å². The van der Waals surface area contributed by atoms with Crippen LogP contribution in [-0.2, 0) is 10.9 Å². The topological polar surface area (TPSA) is 87.6 Å². The Morgan fingerprint density at radius 1 is 1.03 bits per heavy atom. The van der Waals surface area contributed by atoms with Crippen molar-refractivity contribution in [3.05, 3.63) is 60.2 Å². The molecule has 2 aromatic heterocycles. The van der Waals surface area contributed by atoms with Crippen LogP contribution in [0.15, 0.2) is 53.8 Å². The minimum atomic E-state index is -4.42. The summed E-state index contributed by atoms with van der Waals surface area (Å²) in [6, 6.07) is 8.15. The second kappa shape index (κ2) is 9.77. The maximum Gasteiger partial charge on any atom is 0.416 e. The number of halogens is 4. The van der Waals surface area contributed by atoms with Crippen LogP contribution in [0.1, 0.15) is 5.56 Å². The molecule has 3 heterocycles. The summed E-state index contributed by atoms with van der Waals surface area (Å²) >= 11 is 0. The van der Waals surface area contributed by atoms with Gasteiger partial charge in [0.2, 0.25) is 0 Å². The van der Waals surface area contributed by atoms with Crippen molar-refractivity contribution in [2.75, 3.05) is 41.8 Å². The van der Waals surface area contributed by atoms with Gasteiger partial charge in [-0.2, -0.15) is 18.2 Å². The van der Waals surface area contributed by atoms with Gasteiger partial charge in [-0.15, -0.1) is 0 Å². The fourth-order valence-electron chi connectivity index (χ4n) is 3.06. The first-order valence-electron chi connectivity index (χ1n) is 9.93. The normalized spacial score (nSPS) is 14.5. The molecule has 12 heteroatoms. The molecular formula is C21H19F4N7O. The molecule has 0 atom stereocenters. The Bertz CT molecular complexity index is 1120. The van der Waals surface area contributed by atoms with Crippen molar-refractivity contribution < 1.29 is 22.3 Å². The first kappa shape index (κ1) is 22.4. The summed E-state index contributed by atoms with van der Waals surface area (Å²) in [5, 5.41) is 5.72. The number of aliphatic imine (C=N–C) groups is 1. The molecule has 1 aliphatic heterocycles. The van der Waals surface area contributed by atoms with Gasteiger partial charge >= 0.3 is 6.18 Å². The molecule has 172 valence electrons. The Morgan fingerprint density at radius 2 is 1.85 bits per heavy atom. The van der Waals surface area contributed by atoms with Crippen molar-refractivity contribution in [3.8, 4) is 0 Å². The van der Waals surface area contributed by atoms with Gasteiger partial charge in [0.1, 0.15) is 5.82 Å². The number of aromatic nitrogens is 3. The maximum absolute atomic E-state index is 14.1. The highest BCUT2D eigenvalue weighted by Gasteiger charge is 2.30. The lowest BCUT2D eigenvalue weighted by Crippen LogP contribution is -2.37. The lowest BCUT2D eigenvalue weighted by Gasteiger charge is -2.27. The average Bonchev–Trinajstić information content (AvgIpc) is 2.81. The summed E-state index contributed by atoms with van der Waals surface area (Å²) in [5.74, 6) is 0.148. The zero-order valence-corrected chi connectivity index (χ0v) is 17.2. The van der Waals surface area contributed by atoms with Crippen LogP contribution < -0.4 is 15.5 Å². The highest BCUT2D eigenvalue weighted by molar-refractivity contribution is 5.76. The van der Waals surface area contributed by atoms with E-state index < -0.39 is 17.6 Å². The van der Waals surface area contributed by atoms with Crippen molar-refractivity contribution in [1.29, 1.82) is 0 Å². The Kier molecular flexibility index (Phi) is 6.63. The van der Waals surface area contributed by atoms with E-state index in [4.69, 9.17) is 4.74 Å². The molecule has 0 amide bonds. The van der Waals surface area contributed by atoms with E-state index in [0.717, 1.165) is 18.3 Å². The number of pyridine rings is 1. The predicted molar refractivity (Wildman–Crippen MR) is 116 cm³/mol. The summed E-state index contributed by atoms with van der Waals surface area (Å²) in [4.78, 5) is 18.0. The number of hydrogen-bond donors (Lipinski definition) is 2. The van der Waals surface area contributed by atoms with Crippen molar-refractivity contribution in [3.63, 3.8) is 0 Å². The maximum atomic E-state index is 14.1. The second-order valence-corrected chi connectivity index (χ2v) is 6.98. The molecule has 8 nitrogen and oxygen atoms in total. The molecule has 4 rings (SSSR count). The van der Waals surface area contributed by atoms with Gasteiger partial charge < -0.3 is 20.3 Å². The third-order valence-electron chi connectivity index (χ3n) is 4.66. The number of morpholine rings is 1. The largest absolute Gasteiger partial charge is 0.416 e. The van der Waals surface area contributed by atoms with Crippen LogP contribution >= 0.6 is 0 Å². The fraction of sp³-hybridized carbons (Fsp3) is 0.238. The van der Waals surface area contributed by atoms with Crippen LogP contribution in [0, 0.1) is 5.82 Å². The number of nitrogens with one attached hydrogen (secondary N) is 2. The van der Waals surface area contributed by atoms with E-state index in [1.165, 1.54) is 24.7 Å². The van der Waals surface area contributed by atoms with Gasteiger partial charge in [-0.25, -0.2) is 19.4 Å². The summed E-state index contributed by atoms with van der Waals surface area (Å²) < 4.78 is 57.9. The van der Waals surface area contributed by atoms with Gasteiger partial charge in [-0.3, -0.25) is 0 Å². The first-order chi connectivity index (χ1) is 15.9. The minimum Gasteiger partial charge on any atom is -0.378 e. The standard InChI is InChI=1S/C21H19F4N7O/c22-17-12-27-20(31-19(17)32-6-8-33-9-7-32)29-13-28-18-5-4-16(11-26-18)30-15-3-1-2-14(10-15)21(23,24)25/h1-5,10-13,30H,6-9H2,(H,26,27,28,29,31). The Labute approximate surface area is 186 Å². The molecule has 0 aliphatic carbocycles. The predicted octanol–water partition coefficient (Wildman–Crippen LogP) is 4.38. The van der Waals surface area contributed by atoms with E-state index in [1.54, 1.807) is 17.0 Å². The van der Waals surface area contributed by atoms with Crippen molar-refractivity contribution >= 4 is 35.3 Å². The summed E-state index contributed by atoms with van der Waals surface area (Å²) in [6.07, 6.45) is -0.572. The number of hydrogen-bond acceptors (Lipinski definition) is 7. The lowest BCUT2D eigenvalue weighted by atomic mass is 10.2. The smallest absolute Gasteiger partial charge is 0.378 e. The molecular weight excluding hydrogens is 442 g/mol. The zero-order valence-electron chi connectivity index (χ0n) is 17.2. The molecule has 0 bridgehead atoms. The molecule has 2 N–H and O–H groups in total. The lowest BCUT2D eigenvalue weighted by molar-refractivity contribution is -0.137. The Morgan fingerprint density at radius 3 is 2.58 bits per heavy atom. The summed E-state index contributed by atoms with van der Waals surface area (Å²) in [5.41, 5.74) is 0.0574. The third kappa shape index (κ3) is 5.92. The van der Waals surface area contributed by atoms with Crippen molar-refractivity contribution in [2.45, 2.75) is 6.18 Å². The van der Waals surface area contributed by atoms with Crippen LogP contribution in [0.4, 0.5) is 46.5 Å². The molecule has 1 saturated heterocycles. The van der Waals surface area contributed by atoms with Crippen molar-refractivity contribution in [2.24, 2.45) is 4.99 Å². The molecule has 1 fully saturated rings. The molecule has 1 aromatic carbocycles. The number of ether oxygens (including phenoxy) is 1. The van der Waals surface area contributed by atoms with E-state index in [0.29, 0.717) is 43.5 Å². The monoisotopic (exact) mass is 461 g/mol. The Hall–Kier alpha value is -3.80. The molecule has 0 saturated carbocycles. The molecule has 1 aliphatic rings. The van der Waals surface area contributed by atoms with Crippen molar-refractivity contribution in [1.82, 2.24) is 15.0 Å². The highest BCUT2D eigenvalue weighted by atomic mass is 19.4. The third-order valence-corrected chi connectivity index (χ3v) is 4.66. The quantitative estimate of drug-likeness (QED) is 0.320. The van der Waals surface area contributed by atoms with Gasteiger partial charge in [0, 0.05) is 18.8 Å². The van der Waals surface area contributed by atoms with Gasteiger partial charge in [0.15, 0.2) is 11.6 Å². The fourth-order valence-corrected chi connectivity index (χ4v) is 3.06. The van der Waals surface area contributed by atoms with Crippen LogP contribution in [0.3, 0.4) is 0 Å². The van der Waals surface area contributed by atoms with E-state index >= 15 is 0 Å². The Balaban J connectivity index is 1.37. The summed E-state index contributed by atoms with van der Waals surface area (Å²) in [7, 11) is 0. The number of nitrogens with zero attached hydrogens (tertiary/aromatic N) is 5. The van der Waals surface area contributed by atoms with Gasteiger partial charge in [0.05, 0.1) is 43.2 Å². The molecule has 3 aromatic rings. The SMILES string of the molecule is Fc1cnc(/N=C/Nc2ccc(Nc3cccc(C(F)(F)F)c3)cn2)nc1N1CCOCC1. The average molecular weight is 461 g/mol. The van der Waals surface area contributed by atoms with E-state index in [2.05, 4.69) is 30.6 Å². The first-order valence-corrected chi connectivity index (χ1v) is 9.93. The van der Waals surface area contributed by atoms with E-state index in [1.807, 2.05) is 0 Å². The number of anilines is 4. The van der Waals surface area contributed by atoms with E-state index in [-0.39, 0.29) is 11.8 Å². The van der Waals surface area contributed by atoms with Gasteiger partial charge in [0.25, 0.3) is 5.95 Å². The second-order valence-electron chi connectivity index (χ2n) is 6.98. The molecule has 33 heavy (non-hydrogen) atoms. The minimum absolute atomic E-state index is 0.0771. The number of alkyl halides is 3. The molecule has 0 radical (unpaired) electrons. The van der Waals surface area contributed by atoms with Crippen LogP contribution in [0.5, 0.6) is 0 Å². The van der Waals surface area contributed by atoms with Crippen LogP contribution in [0.2, 0.25) is 0 Å². The number of benzene rings is 1. The van der Waals surface area contributed by atoms with Crippen LogP contribution in [-0.4, -0.2) is 47.6 Å². The number of rotatable bonds is 6. The molecule has 0 spiro atoms. The van der Waals surface area contributed by atoms with Crippen LogP contribution in [0.25, 0.3) is 0 Å². The zero-order chi connectivity index (χ0) is 23.3. The van der Waals surface area contributed by atoms with Gasteiger partial charge in [-0.1, -0.05) is 6.07 Å². The summed E-state index contributed by atoms with van der Waals surface area (Å²) in [6.45, 7) is 2.04. The highest BCUT2D eigenvalue weighted by Crippen LogP contribution is 2.31.